The van der Waals surface area contributed by atoms with E-state index in [1.54, 1.807) is 0 Å². The van der Waals surface area contributed by atoms with Crippen molar-refractivity contribution in [2.24, 2.45) is 17.6 Å². The molecule has 1 aromatic rings. The Bertz CT molecular complexity index is 783. The predicted octanol–water partition coefficient (Wildman–Crippen LogP) is 4.39. The van der Waals surface area contributed by atoms with Crippen LogP contribution in [0.25, 0.3) is 0 Å². The molecular weight excluding hydrogens is 436 g/mol. The Balaban J connectivity index is 0.00000107. The molecule has 3 unspecified atom stereocenters. The zero-order valence-corrected chi connectivity index (χ0v) is 22.3. The molecule has 3 atom stereocenters. The van der Waals surface area contributed by atoms with E-state index in [4.69, 9.17) is 19.9 Å². The topological polar surface area (TPSA) is 114 Å². The molecule has 1 saturated heterocycles. The zero-order chi connectivity index (χ0) is 26.0. The lowest BCUT2D eigenvalue weighted by molar-refractivity contribution is -0.155. The molecule has 0 spiro atoms. The SMILES string of the molecule is CC.CCC.COc1c(O)c2c(c(O)c1OC)C1CC(OC(=O)CN)C(CC(C)C)CN1CC2. The number of hydrogen-bond acceptors (Lipinski definition) is 8. The van der Waals surface area contributed by atoms with Gasteiger partial charge in [-0.15, -0.1) is 0 Å². The Morgan fingerprint density at radius 1 is 1.12 bits per heavy atom. The molecule has 0 bridgehead atoms. The molecule has 0 aliphatic carbocycles. The van der Waals surface area contributed by atoms with Gasteiger partial charge in [-0.1, -0.05) is 48.0 Å². The highest BCUT2D eigenvalue weighted by atomic mass is 16.5. The van der Waals surface area contributed by atoms with E-state index in [1.807, 2.05) is 13.8 Å². The summed E-state index contributed by atoms with van der Waals surface area (Å²) in [6.45, 7) is 13.9. The number of piperidine rings is 1. The number of phenols is 2. The lowest BCUT2D eigenvalue weighted by Gasteiger charge is -2.47. The second kappa shape index (κ2) is 14.3. The highest BCUT2D eigenvalue weighted by Gasteiger charge is 2.44. The molecule has 196 valence electrons. The third kappa shape index (κ3) is 6.69. The van der Waals surface area contributed by atoms with Crippen molar-refractivity contribution in [1.29, 1.82) is 0 Å². The van der Waals surface area contributed by atoms with Gasteiger partial charge in [-0.3, -0.25) is 9.69 Å². The first-order valence-corrected chi connectivity index (χ1v) is 12.6. The van der Waals surface area contributed by atoms with Crippen molar-refractivity contribution in [2.45, 2.75) is 79.4 Å². The van der Waals surface area contributed by atoms with Gasteiger partial charge in [0, 0.05) is 42.6 Å². The molecule has 2 heterocycles. The summed E-state index contributed by atoms with van der Waals surface area (Å²) in [6.07, 6.45) is 3.00. The molecule has 0 aromatic heterocycles. The van der Waals surface area contributed by atoms with Crippen LogP contribution < -0.4 is 15.2 Å². The Hall–Kier alpha value is -2.19. The molecule has 34 heavy (non-hydrogen) atoms. The van der Waals surface area contributed by atoms with Crippen LogP contribution in [0.1, 0.15) is 78.0 Å². The average molecular weight is 483 g/mol. The van der Waals surface area contributed by atoms with E-state index in [0.717, 1.165) is 19.5 Å². The summed E-state index contributed by atoms with van der Waals surface area (Å²) in [7, 11) is 2.85. The van der Waals surface area contributed by atoms with E-state index >= 15 is 0 Å². The van der Waals surface area contributed by atoms with Gasteiger partial charge in [0.15, 0.2) is 11.5 Å². The van der Waals surface area contributed by atoms with Gasteiger partial charge in [-0.2, -0.15) is 0 Å². The van der Waals surface area contributed by atoms with E-state index in [9.17, 15) is 15.0 Å². The van der Waals surface area contributed by atoms with Gasteiger partial charge in [0.25, 0.3) is 0 Å². The number of methoxy groups -OCH3 is 2. The Morgan fingerprint density at radius 3 is 2.18 bits per heavy atom. The van der Waals surface area contributed by atoms with Crippen LogP contribution in [-0.4, -0.2) is 61.0 Å². The fourth-order valence-electron chi connectivity index (χ4n) is 4.84. The summed E-state index contributed by atoms with van der Waals surface area (Å²) in [5.74, 6) is 0.457. The number of benzene rings is 1. The number of rotatable bonds is 6. The van der Waals surface area contributed by atoms with Crippen molar-refractivity contribution >= 4 is 5.97 Å². The monoisotopic (exact) mass is 482 g/mol. The number of nitrogens with two attached hydrogens (primary N) is 1. The fourth-order valence-corrected chi connectivity index (χ4v) is 4.84. The predicted molar refractivity (Wildman–Crippen MR) is 135 cm³/mol. The van der Waals surface area contributed by atoms with Gasteiger partial charge in [0.1, 0.15) is 6.10 Å². The standard InChI is InChI=1S/C21H32N2O6.C3H8.C2H6/c1-11(2)7-12-10-23-6-5-13-17(14(23)8-15(12)29-16(24)9-22)19(26)21(28-4)20(27-3)18(13)25;1-3-2;1-2/h11-12,14-15,25-26H,5-10,22H2,1-4H3;3H2,1-2H3;1-2H3. The molecule has 0 radical (unpaired) electrons. The molecule has 3 rings (SSSR count). The Labute approximate surface area is 205 Å². The van der Waals surface area contributed by atoms with Crippen molar-refractivity contribution in [3.63, 3.8) is 0 Å². The number of esters is 1. The molecular formula is C26H46N2O6. The molecule has 2 aliphatic rings. The molecule has 0 amide bonds. The molecule has 8 heteroatoms. The maximum Gasteiger partial charge on any atom is 0.319 e. The van der Waals surface area contributed by atoms with E-state index < -0.39 is 5.97 Å². The van der Waals surface area contributed by atoms with Crippen LogP contribution in [0, 0.1) is 11.8 Å². The summed E-state index contributed by atoms with van der Waals surface area (Å²) in [5, 5.41) is 21.7. The van der Waals surface area contributed by atoms with Gasteiger partial charge in [0.05, 0.1) is 20.8 Å². The largest absolute Gasteiger partial charge is 0.504 e. The summed E-state index contributed by atoms with van der Waals surface area (Å²) in [5.41, 5.74) is 6.76. The van der Waals surface area contributed by atoms with Crippen LogP contribution >= 0.6 is 0 Å². The summed E-state index contributed by atoms with van der Waals surface area (Å²) < 4.78 is 16.3. The van der Waals surface area contributed by atoms with Gasteiger partial charge in [-0.05, 0) is 18.8 Å². The number of phenolic OH excluding ortho intramolecular Hbond substituents is 2. The Morgan fingerprint density at radius 2 is 1.68 bits per heavy atom. The average Bonchev–Trinajstić information content (AvgIpc) is 2.82. The highest BCUT2D eigenvalue weighted by Crippen LogP contribution is 2.54. The molecule has 4 N–H and O–H groups in total. The Kier molecular flexibility index (Phi) is 12.5. The maximum absolute atomic E-state index is 11.9. The summed E-state index contributed by atoms with van der Waals surface area (Å²) >= 11 is 0. The van der Waals surface area contributed by atoms with E-state index in [1.165, 1.54) is 20.6 Å². The number of aromatic hydroxyl groups is 2. The molecule has 2 aliphatic heterocycles. The summed E-state index contributed by atoms with van der Waals surface area (Å²) in [4.78, 5) is 14.2. The number of carbonyl (C=O) groups is 1. The zero-order valence-electron chi connectivity index (χ0n) is 22.3. The minimum atomic E-state index is -0.424. The fraction of sp³-hybridized carbons (Fsp3) is 0.731. The van der Waals surface area contributed by atoms with E-state index in [-0.39, 0.29) is 47.6 Å². The summed E-state index contributed by atoms with van der Waals surface area (Å²) in [6, 6.07) is -0.191. The maximum atomic E-state index is 11.9. The third-order valence-electron chi connectivity index (χ3n) is 6.01. The number of carbonyl (C=O) groups excluding carboxylic acids is 1. The van der Waals surface area contributed by atoms with Gasteiger partial charge in [-0.25, -0.2) is 0 Å². The van der Waals surface area contributed by atoms with E-state index in [0.29, 0.717) is 29.9 Å². The van der Waals surface area contributed by atoms with Crippen molar-refractivity contribution < 1.29 is 29.2 Å². The normalized spacial score (nSPS) is 21.2. The second-order valence-corrected chi connectivity index (χ2v) is 8.98. The van der Waals surface area contributed by atoms with Crippen LogP contribution in [0.5, 0.6) is 23.0 Å². The number of fused-ring (bicyclic) bond motifs is 3. The molecule has 1 fully saturated rings. The van der Waals surface area contributed by atoms with Crippen LogP contribution in [0.15, 0.2) is 0 Å². The lowest BCUT2D eigenvalue weighted by atomic mass is 9.78. The first-order valence-electron chi connectivity index (χ1n) is 12.6. The van der Waals surface area contributed by atoms with Crippen molar-refractivity contribution in [3.8, 4) is 23.0 Å². The van der Waals surface area contributed by atoms with Crippen molar-refractivity contribution in [3.05, 3.63) is 11.1 Å². The van der Waals surface area contributed by atoms with E-state index in [2.05, 4.69) is 32.6 Å². The van der Waals surface area contributed by atoms with Crippen LogP contribution in [0.4, 0.5) is 0 Å². The second-order valence-electron chi connectivity index (χ2n) is 8.98. The van der Waals surface area contributed by atoms with Crippen molar-refractivity contribution in [2.75, 3.05) is 33.9 Å². The van der Waals surface area contributed by atoms with Gasteiger partial charge in [0.2, 0.25) is 11.5 Å². The molecule has 8 nitrogen and oxygen atoms in total. The quantitative estimate of drug-likeness (QED) is 0.404. The lowest BCUT2D eigenvalue weighted by Crippen LogP contribution is -2.49. The first kappa shape index (κ1) is 29.8. The smallest absolute Gasteiger partial charge is 0.319 e. The van der Waals surface area contributed by atoms with Crippen LogP contribution in [0.2, 0.25) is 0 Å². The van der Waals surface area contributed by atoms with Gasteiger partial charge >= 0.3 is 5.97 Å². The highest BCUT2D eigenvalue weighted by molar-refractivity contribution is 5.71. The van der Waals surface area contributed by atoms with Gasteiger partial charge < -0.3 is 30.2 Å². The first-order chi connectivity index (χ1) is 16.2. The number of hydrogen-bond donors (Lipinski definition) is 3. The minimum absolute atomic E-state index is 0.00314. The van der Waals surface area contributed by atoms with Crippen molar-refractivity contribution in [1.82, 2.24) is 4.90 Å². The van der Waals surface area contributed by atoms with Crippen LogP contribution in [-0.2, 0) is 16.0 Å². The molecule has 0 saturated carbocycles. The molecule has 1 aromatic carbocycles. The number of ether oxygens (including phenoxy) is 3. The third-order valence-corrected chi connectivity index (χ3v) is 6.01. The van der Waals surface area contributed by atoms with Crippen LogP contribution in [0.3, 0.4) is 0 Å². The number of nitrogens with zero attached hydrogens (tertiary/aromatic N) is 1. The minimum Gasteiger partial charge on any atom is -0.504 e.